The van der Waals surface area contributed by atoms with E-state index in [1.165, 1.54) is 36.8 Å². The summed E-state index contributed by atoms with van der Waals surface area (Å²) in [4.78, 5) is 0. The van der Waals surface area contributed by atoms with Gasteiger partial charge in [-0.25, -0.2) is 0 Å². The van der Waals surface area contributed by atoms with E-state index >= 15 is 0 Å². The van der Waals surface area contributed by atoms with Crippen LogP contribution in [-0.4, -0.2) is 0 Å². The number of unbranched alkanes of at least 4 members (excludes halogenated alkanes) is 2. The molecule has 1 N–H and O–H groups in total. The van der Waals surface area contributed by atoms with Gasteiger partial charge in [0.25, 0.3) is 0 Å². The van der Waals surface area contributed by atoms with Crippen molar-refractivity contribution in [3.8, 4) is 0 Å². The normalized spacial score (nSPS) is 10.6. The van der Waals surface area contributed by atoms with Crippen molar-refractivity contribution in [3.05, 3.63) is 53.5 Å². The maximum atomic E-state index is 5.41. The minimum absolute atomic E-state index is 0.744. The molecule has 2 aromatic rings. The SMILES string of the molecule is CCCCCc1ccc(NCc2occc2C)cc1. The number of hydrogen-bond acceptors (Lipinski definition) is 2. The Morgan fingerprint density at radius 3 is 2.47 bits per heavy atom. The lowest BCUT2D eigenvalue weighted by molar-refractivity contribution is 0.515. The van der Waals surface area contributed by atoms with Crippen LogP contribution in [-0.2, 0) is 13.0 Å². The van der Waals surface area contributed by atoms with Crippen LogP contribution in [0.15, 0.2) is 41.0 Å². The van der Waals surface area contributed by atoms with E-state index in [-0.39, 0.29) is 0 Å². The number of benzene rings is 1. The molecule has 1 aromatic heterocycles. The van der Waals surface area contributed by atoms with E-state index in [0.29, 0.717) is 0 Å². The highest BCUT2D eigenvalue weighted by atomic mass is 16.3. The summed E-state index contributed by atoms with van der Waals surface area (Å²) >= 11 is 0. The van der Waals surface area contributed by atoms with Gasteiger partial charge in [0.15, 0.2) is 0 Å². The molecule has 102 valence electrons. The van der Waals surface area contributed by atoms with E-state index in [1.807, 2.05) is 6.07 Å². The van der Waals surface area contributed by atoms with Gasteiger partial charge in [0.05, 0.1) is 12.8 Å². The second-order valence-corrected chi connectivity index (χ2v) is 5.03. The molecular weight excluding hydrogens is 234 g/mol. The maximum absolute atomic E-state index is 5.41. The first-order valence-corrected chi connectivity index (χ1v) is 7.15. The molecule has 0 bridgehead atoms. The van der Waals surface area contributed by atoms with Crippen LogP contribution in [0, 0.1) is 6.92 Å². The van der Waals surface area contributed by atoms with Crippen molar-refractivity contribution >= 4 is 5.69 Å². The third kappa shape index (κ3) is 4.16. The Labute approximate surface area is 115 Å². The van der Waals surface area contributed by atoms with Crippen molar-refractivity contribution in [2.75, 3.05) is 5.32 Å². The van der Waals surface area contributed by atoms with E-state index in [9.17, 15) is 0 Å². The molecule has 0 unspecified atom stereocenters. The van der Waals surface area contributed by atoms with Crippen LogP contribution in [0.5, 0.6) is 0 Å². The molecular formula is C17H23NO. The number of nitrogens with one attached hydrogen (secondary N) is 1. The van der Waals surface area contributed by atoms with Gasteiger partial charge in [0.2, 0.25) is 0 Å². The number of anilines is 1. The zero-order chi connectivity index (χ0) is 13.5. The highest BCUT2D eigenvalue weighted by molar-refractivity contribution is 5.45. The van der Waals surface area contributed by atoms with Gasteiger partial charge < -0.3 is 9.73 Å². The third-order valence-electron chi connectivity index (χ3n) is 3.44. The van der Waals surface area contributed by atoms with Crippen LogP contribution in [0.1, 0.15) is 43.1 Å². The Bertz CT molecular complexity index is 484. The fourth-order valence-corrected chi connectivity index (χ4v) is 2.14. The summed E-state index contributed by atoms with van der Waals surface area (Å²) < 4.78 is 5.41. The summed E-state index contributed by atoms with van der Waals surface area (Å²) in [5.41, 5.74) is 3.77. The molecule has 0 atom stereocenters. The minimum atomic E-state index is 0.744. The first kappa shape index (κ1) is 13.7. The molecule has 19 heavy (non-hydrogen) atoms. The molecule has 0 amide bonds. The summed E-state index contributed by atoms with van der Waals surface area (Å²) in [6, 6.07) is 10.7. The fourth-order valence-electron chi connectivity index (χ4n) is 2.14. The van der Waals surface area contributed by atoms with Crippen LogP contribution >= 0.6 is 0 Å². The topological polar surface area (TPSA) is 25.2 Å². The summed E-state index contributed by atoms with van der Waals surface area (Å²) in [7, 11) is 0. The quantitative estimate of drug-likeness (QED) is 0.711. The standard InChI is InChI=1S/C17H23NO/c1-3-4-5-6-15-7-9-16(10-8-15)18-13-17-14(2)11-12-19-17/h7-12,18H,3-6,13H2,1-2H3. The van der Waals surface area contributed by atoms with E-state index in [1.54, 1.807) is 6.26 Å². The summed E-state index contributed by atoms with van der Waals surface area (Å²) in [6.45, 7) is 5.05. The maximum Gasteiger partial charge on any atom is 0.125 e. The highest BCUT2D eigenvalue weighted by Gasteiger charge is 2.01. The van der Waals surface area contributed by atoms with Gasteiger partial charge in [-0.2, -0.15) is 0 Å². The molecule has 0 saturated carbocycles. The molecule has 0 spiro atoms. The predicted molar refractivity (Wildman–Crippen MR) is 80.4 cm³/mol. The molecule has 0 saturated heterocycles. The zero-order valence-electron chi connectivity index (χ0n) is 11.9. The largest absolute Gasteiger partial charge is 0.467 e. The smallest absolute Gasteiger partial charge is 0.125 e. The Morgan fingerprint density at radius 1 is 1.05 bits per heavy atom. The van der Waals surface area contributed by atoms with Crippen molar-refractivity contribution in [1.29, 1.82) is 0 Å². The number of rotatable bonds is 7. The zero-order valence-corrected chi connectivity index (χ0v) is 11.9. The van der Waals surface area contributed by atoms with Gasteiger partial charge >= 0.3 is 0 Å². The van der Waals surface area contributed by atoms with Crippen molar-refractivity contribution in [3.63, 3.8) is 0 Å². The van der Waals surface area contributed by atoms with Crippen LogP contribution in [0.2, 0.25) is 0 Å². The Kier molecular flexibility index (Phi) is 5.08. The van der Waals surface area contributed by atoms with E-state index in [2.05, 4.69) is 43.4 Å². The highest BCUT2D eigenvalue weighted by Crippen LogP contribution is 2.15. The second-order valence-electron chi connectivity index (χ2n) is 5.03. The van der Waals surface area contributed by atoms with E-state index in [0.717, 1.165) is 18.0 Å². The Hall–Kier alpha value is -1.70. The molecule has 0 fully saturated rings. The molecule has 1 aromatic carbocycles. The van der Waals surface area contributed by atoms with Crippen LogP contribution in [0.3, 0.4) is 0 Å². The van der Waals surface area contributed by atoms with Crippen molar-refractivity contribution < 1.29 is 4.42 Å². The minimum Gasteiger partial charge on any atom is -0.467 e. The lowest BCUT2D eigenvalue weighted by atomic mass is 10.1. The number of furan rings is 1. The lowest BCUT2D eigenvalue weighted by Gasteiger charge is -2.07. The van der Waals surface area contributed by atoms with Gasteiger partial charge in [-0.1, -0.05) is 31.9 Å². The first-order valence-electron chi connectivity index (χ1n) is 7.15. The van der Waals surface area contributed by atoms with Gasteiger partial charge in [0, 0.05) is 5.69 Å². The lowest BCUT2D eigenvalue weighted by Crippen LogP contribution is -1.99. The van der Waals surface area contributed by atoms with Gasteiger partial charge in [-0.15, -0.1) is 0 Å². The molecule has 1 heterocycles. The van der Waals surface area contributed by atoms with Crippen LogP contribution in [0.4, 0.5) is 5.69 Å². The van der Waals surface area contributed by atoms with Crippen LogP contribution in [0.25, 0.3) is 0 Å². The molecule has 0 aliphatic heterocycles. The monoisotopic (exact) mass is 257 g/mol. The summed E-state index contributed by atoms with van der Waals surface area (Å²) in [6.07, 6.45) is 6.81. The third-order valence-corrected chi connectivity index (χ3v) is 3.44. The van der Waals surface area contributed by atoms with Gasteiger partial charge in [0.1, 0.15) is 5.76 Å². The summed E-state index contributed by atoms with van der Waals surface area (Å²) in [5.74, 6) is 1.01. The Balaban J connectivity index is 1.83. The predicted octanol–water partition coefficient (Wildman–Crippen LogP) is 4.93. The van der Waals surface area contributed by atoms with Gasteiger partial charge in [-0.3, -0.25) is 0 Å². The Morgan fingerprint density at radius 2 is 1.84 bits per heavy atom. The molecule has 2 rings (SSSR count). The van der Waals surface area contributed by atoms with Gasteiger partial charge in [-0.05, 0) is 49.1 Å². The fraction of sp³-hybridized carbons (Fsp3) is 0.412. The van der Waals surface area contributed by atoms with Crippen LogP contribution < -0.4 is 5.32 Å². The molecule has 2 heteroatoms. The van der Waals surface area contributed by atoms with E-state index in [4.69, 9.17) is 4.42 Å². The summed E-state index contributed by atoms with van der Waals surface area (Å²) in [5, 5.41) is 3.39. The number of hydrogen-bond donors (Lipinski definition) is 1. The van der Waals surface area contributed by atoms with Crippen molar-refractivity contribution in [2.24, 2.45) is 0 Å². The second kappa shape index (κ2) is 7.03. The first-order chi connectivity index (χ1) is 9.29. The number of aryl methyl sites for hydroxylation is 2. The van der Waals surface area contributed by atoms with Crippen molar-refractivity contribution in [1.82, 2.24) is 0 Å². The molecule has 2 nitrogen and oxygen atoms in total. The molecule has 0 aliphatic carbocycles. The van der Waals surface area contributed by atoms with E-state index < -0.39 is 0 Å². The molecule has 0 aliphatic rings. The van der Waals surface area contributed by atoms with Crippen molar-refractivity contribution in [2.45, 2.75) is 46.1 Å². The average molecular weight is 257 g/mol. The molecule has 0 radical (unpaired) electrons. The average Bonchev–Trinajstić information content (AvgIpc) is 2.84.